The summed E-state index contributed by atoms with van der Waals surface area (Å²) in [6.45, 7) is 4.88. The number of hydrogen-bond donors (Lipinski definition) is 2. The largest absolute Gasteiger partial charge is 0.329 e. The number of amides is 1. The van der Waals surface area contributed by atoms with Gasteiger partial charge in [-0.05, 0) is 49.7 Å². The van der Waals surface area contributed by atoms with Gasteiger partial charge >= 0.3 is 5.69 Å². The van der Waals surface area contributed by atoms with E-state index in [0.717, 1.165) is 28.8 Å². The van der Waals surface area contributed by atoms with Gasteiger partial charge in [0.05, 0.1) is 11.0 Å². The van der Waals surface area contributed by atoms with Crippen LogP contribution in [0.4, 0.5) is 5.69 Å². The van der Waals surface area contributed by atoms with Crippen molar-refractivity contribution in [1.82, 2.24) is 24.3 Å². The van der Waals surface area contributed by atoms with Gasteiger partial charge in [0, 0.05) is 30.8 Å². The molecule has 0 radical (unpaired) electrons. The first-order valence-electron chi connectivity index (χ1n) is 10.0. The highest BCUT2D eigenvalue weighted by atomic mass is 16.2. The molecule has 1 amide bonds. The van der Waals surface area contributed by atoms with E-state index in [1.165, 1.54) is 0 Å². The molecule has 8 heteroatoms. The smallest absolute Gasteiger partial charge is 0.326 e. The van der Waals surface area contributed by atoms with Crippen LogP contribution in [0.3, 0.4) is 0 Å². The summed E-state index contributed by atoms with van der Waals surface area (Å²) in [6.07, 6.45) is 1.08. The molecule has 0 aliphatic rings. The Balaban J connectivity index is 1.44. The highest BCUT2D eigenvalue weighted by molar-refractivity contribution is 5.91. The summed E-state index contributed by atoms with van der Waals surface area (Å²) in [7, 11) is 0. The number of benzene rings is 2. The van der Waals surface area contributed by atoms with E-state index in [1.807, 2.05) is 62.4 Å². The molecule has 30 heavy (non-hydrogen) atoms. The van der Waals surface area contributed by atoms with E-state index >= 15 is 0 Å². The Bertz CT molecular complexity index is 1230. The Morgan fingerprint density at radius 1 is 1.03 bits per heavy atom. The molecule has 0 unspecified atom stereocenters. The van der Waals surface area contributed by atoms with Gasteiger partial charge in [-0.15, -0.1) is 0 Å². The maximum Gasteiger partial charge on any atom is 0.329 e. The van der Waals surface area contributed by atoms with Crippen LogP contribution in [-0.2, 0) is 17.9 Å². The molecule has 154 valence electrons. The van der Waals surface area contributed by atoms with Crippen LogP contribution in [0.25, 0.3) is 22.4 Å². The third-order valence-corrected chi connectivity index (χ3v) is 4.96. The van der Waals surface area contributed by atoms with E-state index in [1.54, 1.807) is 9.13 Å². The maximum absolute atomic E-state index is 12.8. The highest BCUT2D eigenvalue weighted by Crippen LogP contribution is 2.18. The van der Waals surface area contributed by atoms with Gasteiger partial charge in [-0.3, -0.25) is 19.0 Å². The number of imidazole rings is 1. The van der Waals surface area contributed by atoms with Crippen molar-refractivity contribution in [3.63, 3.8) is 0 Å². The number of para-hydroxylation sites is 2. The summed E-state index contributed by atoms with van der Waals surface area (Å²) in [5.41, 5.74) is 3.25. The number of nitrogens with zero attached hydrogens (tertiary/aromatic N) is 4. The minimum absolute atomic E-state index is 0.0722. The molecule has 0 aliphatic heterocycles. The number of carbonyl (C=O) groups excluding carboxylic acids is 1. The SMILES string of the molecule is CCCn1c(=O)n(CCC(=O)Nc2ccc(-c3n[nH]c(C)n3)cc2)c2ccccc21. The minimum atomic E-state index is -0.143. The molecule has 2 aromatic carbocycles. The molecule has 4 aromatic rings. The van der Waals surface area contributed by atoms with Crippen LogP contribution in [0.2, 0.25) is 0 Å². The fraction of sp³-hybridized carbons (Fsp3) is 0.273. The topological polar surface area (TPSA) is 97.6 Å². The fourth-order valence-electron chi connectivity index (χ4n) is 3.54. The average molecular weight is 404 g/mol. The van der Waals surface area contributed by atoms with Gasteiger partial charge in [0.25, 0.3) is 0 Å². The molecule has 4 rings (SSSR count). The second kappa shape index (κ2) is 8.36. The Hall–Kier alpha value is -3.68. The summed E-state index contributed by atoms with van der Waals surface area (Å²) in [4.78, 5) is 29.6. The van der Waals surface area contributed by atoms with E-state index in [9.17, 15) is 9.59 Å². The van der Waals surface area contributed by atoms with E-state index < -0.39 is 0 Å². The Morgan fingerprint density at radius 3 is 2.30 bits per heavy atom. The normalized spacial score (nSPS) is 11.1. The number of nitrogens with one attached hydrogen (secondary N) is 2. The van der Waals surface area contributed by atoms with Crippen LogP contribution in [0, 0.1) is 6.92 Å². The zero-order chi connectivity index (χ0) is 21.1. The Kier molecular flexibility index (Phi) is 5.47. The fourth-order valence-corrected chi connectivity index (χ4v) is 3.54. The van der Waals surface area contributed by atoms with Crippen molar-refractivity contribution in [3.8, 4) is 11.4 Å². The van der Waals surface area contributed by atoms with Gasteiger partial charge in [-0.25, -0.2) is 9.78 Å². The van der Waals surface area contributed by atoms with Crippen LogP contribution >= 0.6 is 0 Å². The first-order valence-corrected chi connectivity index (χ1v) is 10.0. The number of fused-ring (bicyclic) bond motifs is 1. The summed E-state index contributed by atoms with van der Waals surface area (Å²) in [6, 6.07) is 15.1. The molecule has 0 fully saturated rings. The highest BCUT2D eigenvalue weighted by Gasteiger charge is 2.13. The molecule has 2 N–H and O–H groups in total. The minimum Gasteiger partial charge on any atom is -0.326 e. The van der Waals surface area contributed by atoms with Gasteiger partial charge in [0.2, 0.25) is 5.91 Å². The molecular weight excluding hydrogens is 380 g/mol. The number of rotatable bonds is 7. The number of H-pyrrole nitrogens is 1. The molecule has 0 saturated carbocycles. The third-order valence-electron chi connectivity index (χ3n) is 4.96. The lowest BCUT2D eigenvalue weighted by Gasteiger charge is -2.07. The quantitative estimate of drug-likeness (QED) is 0.494. The summed E-state index contributed by atoms with van der Waals surface area (Å²) in [5, 5.41) is 9.83. The summed E-state index contributed by atoms with van der Waals surface area (Å²) >= 11 is 0. The number of aryl methyl sites for hydroxylation is 3. The van der Waals surface area contributed by atoms with Gasteiger partial charge in [0.1, 0.15) is 5.82 Å². The second-order valence-corrected chi connectivity index (χ2v) is 7.19. The van der Waals surface area contributed by atoms with Gasteiger partial charge in [-0.1, -0.05) is 19.1 Å². The summed E-state index contributed by atoms with van der Waals surface area (Å²) in [5.74, 6) is 1.22. The lowest BCUT2D eigenvalue weighted by Crippen LogP contribution is -2.26. The number of hydrogen-bond acceptors (Lipinski definition) is 4. The van der Waals surface area contributed by atoms with Crippen molar-refractivity contribution in [3.05, 3.63) is 64.8 Å². The average Bonchev–Trinajstić information content (AvgIpc) is 3.29. The van der Waals surface area contributed by atoms with Crippen LogP contribution in [0.5, 0.6) is 0 Å². The molecule has 8 nitrogen and oxygen atoms in total. The molecular formula is C22H24N6O2. The Labute approximate surface area is 173 Å². The molecule has 0 aliphatic carbocycles. The molecule has 0 saturated heterocycles. The molecule has 2 aromatic heterocycles. The van der Waals surface area contributed by atoms with E-state index in [0.29, 0.717) is 24.6 Å². The second-order valence-electron chi connectivity index (χ2n) is 7.19. The van der Waals surface area contributed by atoms with Crippen molar-refractivity contribution in [2.24, 2.45) is 0 Å². The van der Waals surface area contributed by atoms with Crippen LogP contribution in [0.1, 0.15) is 25.6 Å². The lowest BCUT2D eigenvalue weighted by atomic mass is 10.2. The van der Waals surface area contributed by atoms with Crippen molar-refractivity contribution >= 4 is 22.6 Å². The summed E-state index contributed by atoms with van der Waals surface area (Å²) < 4.78 is 3.45. The predicted octanol–water partition coefficient (Wildman–Crippen LogP) is 3.34. The van der Waals surface area contributed by atoms with Crippen LogP contribution in [-0.4, -0.2) is 30.2 Å². The standard InChI is InChI=1S/C22H24N6O2/c1-3-13-27-18-6-4-5-7-19(18)28(22(27)30)14-12-20(29)24-17-10-8-16(9-11-17)21-23-15(2)25-26-21/h4-11H,3,12-14H2,1-2H3,(H,24,29)(H,23,25,26). The first-order chi connectivity index (χ1) is 14.6. The number of carbonyl (C=O) groups is 1. The molecule has 0 atom stereocenters. The van der Waals surface area contributed by atoms with Gasteiger partial charge < -0.3 is 5.32 Å². The van der Waals surface area contributed by atoms with Crippen LogP contribution < -0.4 is 11.0 Å². The Morgan fingerprint density at radius 2 is 1.70 bits per heavy atom. The van der Waals surface area contributed by atoms with Crippen molar-refractivity contribution in [2.75, 3.05) is 5.32 Å². The number of aromatic amines is 1. The van der Waals surface area contributed by atoms with E-state index in [4.69, 9.17) is 0 Å². The third kappa shape index (κ3) is 3.89. The van der Waals surface area contributed by atoms with E-state index in [2.05, 4.69) is 20.5 Å². The van der Waals surface area contributed by atoms with Gasteiger partial charge in [-0.2, -0.15) is 5.10 Å². The predicted molar refractivity (Wildman–Crippen MR) is 116 cm³/mol. The zero-order valence-electron chi connectivity index (χ0n) is 17.1. The molecule has 2 heterocycles. The molecule has 0 bridgehead atoms. The van der Waals surface area contributed by atoms with Crippen molar-refractivity contribution in [1.29, 1.82) is 0 Å². The zero-order valence-corrected chi connectivity index (χ0v) is 17.1. The lowest BCUT2D eigenvalue weighted by molar-refractivity contribution is -0.116. The van der Waals surface area contributed by atoms with Crippen LogP contribution in [0.15, 0.2) is 53.3 Å². The van der Waals surface area contributed by atoms with Crippen molar-refractivity contribution in [2.45, 2.75) is 39.8 Å². The monoisotopic (exact) mass is 404 g/mol. The molecule has 0 spiro atoms. The number of aromatic nitrogens is 5. The maximum atomic E-state index is 12.8. The van der Waals surface area contributed by atoms with Crippen molar-refractivity contribution < 1.29 is 4.79 Å². The number of anilines is 1. The first kappa shape index (κ1) is 19.6. The van der Waals surface area contributed by atoms with Gasteiger partial charge in [0.15, 0.2) is 5.82 Å². The van der Waals surface area contributed by atoms with E-state index in [-0.39, 0.29) is 18.0 Å².